The number of benzene rings is 1. The molecule has 25 heavy (non-hydrogen) atoms. The summed E-state index contributed by atoms with van der Waals surface area (Å²) in [6, 6.07) is 6.03. The molecule has 1 saturated heterocycles. The first kappa shape index (κ1) is 21.8. The normalized spacial score (nSPS) is 17.0. The minimum absolute atomic E-state index is 0. The van der Waals surface area contributed by atoms with Gasteiger partial charge in [0.05, 0.1) is 20.3 Å². The fourth-order valence-corrected chi connectivity index (χ4v) is 2.83. The zero-order valence-corrected chi connectivity index (χ0v) is 17.9. The lowest BCUT2D eigenvalue weighted by atomic mass is 10.1. The van der Waals surface area contributed by atoms with Crippen molar-refractivity contribution in [3.8, 4) is 11.5 Å². The second-order valence-corrected chi connectivity index (χ2v) is 5.92. The summed E-state index contributed by atoms with van der Waals surface area (Å²) in [6.45, 7) is 2.55. The van der Waals surface area contributed by atoms with Crippen LogP contribution in [0, 0.1) is 0 Å². The van der Waals surface area contributed by atoms with E-state index in [-0.39, 0.29) is 24.0 Å². The SMILES string of the molecule is CN=C(NCC1CCCO1)N(C)CCc1ccc(OC)c(OC)c1.I. The third-order valence-corrected chi connectivity index (χ3v) is 4.27. The average Bonchev–Trinajstić information content (AvgIpc) is 3.13. The molecule has 1 atom stereocenters. The Bertz CT molecular complexity index is 548. The van der Waals surface area contributed by atoms with Crippen LogP contribution in [0.25, 0.3) is 0 Å². The molecule has 0 bridgehead atoms. The second kappa shape index (κ2) is 11.4. The molecule has 1 unspecified atom stereocenters. The van der Waals surface area contributed by atoms with Crippen LogP contribution >= 0.6 is 24.0 Å². The maximum atomic E-state index is 5.64. The van der Waals surface area contributed by atoms with Gasteiger partial charge in [-0.15, -0.1) is 24.0 Å². The molecule has 0 spiro atoms. The zero-order valence-electron chi connectivity index (χ0n) is 15.6. The molecule has 6 nitrogen and oxygen atoms in total. The van der Waals surface area contributed by atoms with Crippen molar-refractivity contribution in [3.05, 3.63) is 23.8 Å². The molecular formula is C18H30IN3O3. The lowest BCUT2D eigenvalue weighted by Crippen LogP contribution is -2.42. The molecule has 0 amide bonds. The van der Waals surface area contributed by atoms with Gasteiger partial charge in [0.2, 0.25) is 0 Å². The summed E-state index contributed by atoms with van der Waals surface area (Å²) < 4.78 is 16.3. The summed E-state index contributed by atoms with van der Waals surface area (Å²) in [5.41, 5.74) is 1.20. The van der Waals surface area contributed by atoms with E-state index in [1.54, 1.807) is 14.2 Å². The molecule has 1 N–H and O–H groups in total. The van der Waals surface area contributed by atoms with Crippen molar-refractivity contribution in [2.45, 2.75) is 25.4 Å². The number of methoxy groups -OCH3 is 2. The number of nitrogens with one attached hydrogen (secondary N) is 1. The van der Waals surface area contributed by atoms with Crippen LogP contribution in [0.2, 0.25) is 0 Å². The van der Waals surface area contributed by atoms with Gasteiger partial charge in [0.1, 0.15) is 0 Å². The Morgan fingerprint density at radius 2 is 2.08 bits per heavy atom. The summed E-state index contributed by atoms with van der Waals surface area (Å²) in [5, 5.41) is 3.39. The number of likely N-dealkylation sites (N-methyl/N-ethyl adjacent to an activating group) is 1. The molecule has 0 aliphatic carbocycles. The van der Waals surface area contributed by atoms with Crippen LogP contribution in [0.1, 0.15) is 18.4 Å². The molecular weight excluding hydrogens is 433 g/mol. The highest BCUT2D eigenvalue weighted by Gasteiger charge is 2.16. The number of hydrogen-bond acceptors (Lipinski definition) is 4. The number of rotatable bonds is 7. The van der Waals surface area contributed by atoms with E-state index in [0.29, 0.717) is 6.10 Å². The molecule has 0 aromatic heterocycles. The molecule has 0 saturated carbocycles. The van der Waals surface area contributed by atoms with Gasteiger partial charge in [0.15, 0.2) is 17.5 Å². The quantitative estimate of drug-likeness (QED) is 0.383. The largest absolute Gasteiger partial charge is 0.493 e. The van der Waals surface area contributed by atoms with Crippen molar-refractivity contribution in [1.29, 1.82) is 0 Å². The first-order chi connectivity index (χ1) is 11.7. The zero-order chi connectivity index (χ0) is 17.4. The molecule has 1 aromatic carbocycles. The van der Waals surface area contributed by atoms with E-state index in [9.17, 15) is 0 Å². The Hall–Kier alpha value is -1.22. The molecule has 1 aliphatic rings. The van der Waals surface area contributed by atoms with Crippen molar-refractivity contribution in [3.63, 3.8) is 0 Å². The van der Waals surface area contributed by atoms with Gasteiger partial charge in [0.25, 0.3) is 0 Å². The van der Waals surface area contributed by atoms with Gasteiger partial charge in [-0.2, -0.15) is 0 Å². The number of aliphatic imine (C=N–C) groups is 1. The summed E-state index contributed by atoms with van der Waals surface area (Å²) in [4.78, 5) is 6.48. The topological polar surface area (TPSA) is 55.3 Å². The number of halogens is 1. The van der Waals surface area contributed by atoms with Gasteiger partial charge in [-0.05, 0) is 37.0 Å². The van der Waals surface area contributed by atoms with Crippen LogP contribution in [-0.2, 0) is 11.2 Å². The van der Waals surface area contributed by atoms with Gasteiger partial charge < -0.3 is 24.4 Å². The highest BCUT2D eigenvalue weighted by Crippen LogP contribution is 2.27. The molecule has 142 valence electrons. The third kappa shape index (κ3) is 6.54. The minimum atomic E-state index is 0. The van der Waals surface area contributed by atoms with Crippen LogP contribution in [0.15, 0.2) is 23.2 Å². The highest BCUT2D eigenvalue weighted by atomic mass is 127. The van der Waals surface area contributed by atoms with Crippen molar-refractivity contribution in [1.82, 2.24) is 10.2 Å². The van der Waals surface area contributed by atoms with E-state index >= 15 is 0 Å². The van der Waals surface area contributed by atoms with Gasteiger partial charge in [-0.3, -0.25) is 4.99 Å². The molecule has 2 rings (SSSR count). The van der Waals surface area contributed by atoms with Gasteiger partial charge >= 0.3 is 0 Å². The minimum Gasteiger partial charge on any atom is -0.493 e. The van der Waals surface area contributed by atoms with Crippen LogP contribution in [-0.4, -0.2) is 65.0 Å². The maximum absolute atomic E-state index is 5.64. The van der Waals surface area contributed by atoms with Crippen LogP contribution in [0.4, 0.5) is 0 Å². The highest BCUT2D eigenvalue weighted by molar-refractivity contribution is 14.0. The first-order valence-corrected chi connectivity index (χ1v) is 8.42. The van der Waals surface area contributed by atoms with Crippen LogP contribution in [0.5, 0.6) is 11.5 Å². The second-order valence-electron chi connectivity index (χ2n) is 5.92. The maximum Gasteiger partial charge on any atom is 0.193 e. The Morgan fingerprint density at radius 3 is 2.68 bits per heavy atom. The summed E-state index contributed by atoms with van der Waals surface area (Å²) >= 11 is 0. The number of nitrogens with zero attached hydrogens (tertiary/aromatic N) is 2. The predicted molar refractivity (Wildman–Crippen MR) is 112 cm³/mol. The molecule has 0 radical (unpaired) electrons. The Labute approximate surface area is 167 Å². The van der Waals surface area contributed by atoms with Gasteiger partial charge in [0, 0.05) is 33.8 Å². The fourth-order valence-electron chi connectivity index (χ4n) is 2.83. The smallest absolute Gasteiger partial charge is 0.193 e. The van der Waals surface area contributed by atoms with Crippen molar-refractivity contribution < 1.29 is 14.2 Å². The lowest BCUT2D eigenvalue weighted by molar-refractivity contribution is 0.113. The first-order valence-electron chi connectivity index (χ1n) is 8.42. The van der Waals surface area contributed by atoms with Crippen molar-refractivity contribution in [2.75, 3.05) is 48.0 Å². The van der Waals surface area contributed by atoms with E-state index in [2.05, 4.69) is 21.3 Å². The molecule has 1 heterocycles. The van der Waals surface area contributed by atoms with E-state index in [0.717, 1.165) is 56.4 Å². The Morgan fingerprint density at radius 1 is 1.32 bits per heavy atom. The summed E-state index contributed by atoms with van der Waals surface area (Å²) in [7, 11) is 7.16. The molecule has 1 aliphatic heterocycles. The number of ether oxygens (including phenoxy) is 3. The van der Waals surface area contributed by atoms with E-state index in [4.69, 9.17) is 14.2 Å². The number of guanidine groups is 1. The Balaban J connectivity index is 0.00000312. The van der Waals surface area contributed by atoms with E-state index in [1.807, 2.05) is 26.2 Å². The van der Waals surface area contributed by atoms with Crippen molar-refractivity contribution in [2.24, 2.45) is 4.99 Å². The van der Waals surface area contributed by atoms with Gasteiger partial charge in [-0.25, -0.2) is 0 Å². The predicted octanol–water partition coefficient (Wildman–Crippen LogP) is 2.55. The third-order valence-electron chi connectivity index (χ3n) is 4.27. The lowest BCUT2D eigenvalue weighted by Gasteiger charge is -2.23. The monoisotopic (exact) mass is 463 g/mol. The fraction of sp³-hybridized carbons (Fsp3) is 0.611. The molecule has 1 aromatic rings. The number of hydrogen-bond donors (Lipinski definition) is 1. The Kier molecular flexibility index (Phi) is 9.96. The summed E-state index contributed by atoms with van der Waals surface area (Å²) in [6.07, 6.45) is 3.48. The van der Waals surface area contributed by atoms with Crippen LogP contribution < -0.4 is 14.8 Å². The van der Waals surface area contributed by atoms with Gasteiger partial charge in [-0.1, -0.05) is 6.07 Å². The van der Waals surface area contributed by atoms with E-state index < -0.39 is 0 Å². The van der Waals surface area contributed by atoms with Crippen molar-refractivity contribution >= 4 is 29.9 Å². The standard InChI is InChI=1S/C18H29N3O3.HI/c1-19-18(20-13-15-6-5-11-24-15)21(2)10-9-14-7-8-16(22-3)17(12-14)23-4;/h7-8,12,15H,5-6,9-11,13H2,1-4H3,(H,19,20);1H. The van der Waals surface area contributed by atoms with E-state index in [1.165, 1.54) is 5.56 Å². The molecule has 7 heteroatoms. The summed E-state index contributed by atoms with van der Waals surface area (Å²) in [5.74, 6) is 2.41. The average molecular weight is 463 g/mol. The van der Waals surface area contributed by atoms with Crippen LogP contribution in [0.3, 0.4) is 0 Å². The molecule has 1 fully saturated rings.